The molecule has 0 radical (unpaired) electrons. The Bertz CT molecular complexity index is 332. The summed E-state index contributed by atoms with van der Waals surface area (Å²) in [7, 11) is 0. The fraction of sp³-hybridized carbons (Fsp3) is 0.857. The van der Waals surface area contributed by atoms with Crippen LogP contribution in [0, 0.1) is 11.3 Å². The molecule has 1 rings (SSSR count). The van der Waals surface area contributed by atoms with Gasteiger partial charge >= 0.3 is 0 Å². The van der Waals surface area contributed by atoms with Crippen LogP contribution in [-0.4, -0.2) is 42.4 Å². The third-order valence-corrected chi connectivity index (χ3v) is 3.74. The van der Waals surface area contributed by atoms with Gasteiger partial charge in [0, 0.05) is 31.6 Å². The first kappa shape index (κ1) is 16.0. The van der Waals surface area contributed by atoms with Crippen molar-refractivity contribution in [2.45, 2.75) is 46.6 Å². The highest BCUT2D eigenvalue weighted by Gasteiger charge is 2.33. The zero-order valence-electron chi connectivity index (χ0n) is 12.5. The van der Waals surface area contributed by atoms with Crippen LogP contribution in [0.15, 0.2) is 0 Å². The van der Waals surface area contributed by atoms with Crippen LogP contribution in [0.1, 0.15) is 40.5 Å². The van der Waals surface area contributed by atoms with E-state index in [9.17, 15) is 9.59 Å². The number of likely N-dealkylation sites (tertiary alicyclic amines) is 1. The highest BCUT2D eigenvalue weighted by molar-refractivity contribution is 5.82. The van der Waals surface area contributed by atoms with E-state index in [1.54, 1.807) is 0 Å². The second kappa shape index (κ2) is 6.37. The third kappa shape index (κ3) is 4.20. The van der Waals surface area contributed by atoms with Crippen LogP contribution in [0.2, 0.25) is 0 Å². The van der Waals surface area contributed by atoms with E-state index in [4.69, 9.17) is 5.73 Å². The molecular weight excluding hydrogens is 242 g/mol. The third-order valence-electron chi connectivity index (χ3n) is 3.74. The lowest BCUT2D eigenvalue weighted by Crippen LogP contribution is -2.51. The summed E-state index contributed by atoms with van der Waals surface area (Å²) in [4.78, 5) is 25.7. The molecule has 1 aliphatic heterocycles. The molecule has 0 aromatic heterocycles. The van der Waals surface area contributed by atoms with Crippen LogP contribution in [0.4, 0.5) is 0 Å². The van der Waals surface area contributed by atoms with Gasteiger partial charge in [0.2, 0.25) is 11.8 Å². The number of nitrogens with zero attached hydrogens (tertiary/aromatic N) is 1. The van der Waals surface area contributed by atoms with E-state index < -0.39 is 5.41 Å². The van der Waals surface area contributed by atoms with Crippen molar-refractivity contribution in [1.29, 1.82) is 0 Å². The first-order chi connectivity index (χ1) is 8.77. The fourth-order valence-corrected chi connectivity index (χ4v) is 2.11. The standard InChI is InChI=1S/C14H27N3O2/c1-10(2)12(18)16-11-5-7-17(8-6-11)13(19)14(3,4)9-15/h10-11H,5-9,15H2,1-4H3,(H,16,18). The van der Waals surface area contributed by atoms with E-state index in [1.807, 2.05) is 32.6 Å². The summed E-state index contributed by atoms with van der Waals surface area (Å²) in [5, 5.41) is 3.03. The van der Waals surface area contributed by atoms with Gasteiger partial charge in [0.25, 0.3) is 0 Å². The number of nitrogens with two attached hydrogens (primary N) is 1. The van der Waals surface area contributed by atoms with Crippen LogP contribution in [0.3, 0.4) is 0 Å². The van der Waals surface area contributed by atoms with E-state index in [1.165, 1.54) is 0 Å². The van der Waals surface area contributed by atoms with Crippen molar-refractivity contribution in [3.63, 3.8) is 0 Å². The molecule has 1 saturated heterocycles. The van der Waals surface area contributed by atoms with Crippen LogP contribution >= 0.6 is 0 Å². The van der Waals surface area contributed by atoms with Crippen LogP contribution in [-0.2, 0) is 9.59 Å². The number of nitrogens with one attached hydrogen (secondary N) is 1. The molecule has 0 atom stereocenters. The maximum atomic E-state index is 12.2. The molecule has 5 heteroatoms. The predicted molar refractivity (Wildman–Crippen MR) is 75.4 cm³/mol. The normalized spacial score (nSPS) is 17.7. The first-order valence-corrected chi connectivity index (χ1v) is 7.07. The maximum Gasteiger partial charge on any atom is 0.229 e. The lowest BCUT2D eigenvalue weighted by molar-refractivity contribution is -0.141. The quantitative estimate of drug-likeness (QED) is 0.790. The van der Waals surface area contributed by atoms with Crippen molar-refractivity contribution in [1.82, 2.24) is 10.2 Å². The molecule has 1 fully saturated rings. The minimum atomic E-state index is -0.492. The highest BCUT2D eigenvalue weighted by Crippen LogP contribution is 2.20. The number of piperidine rings is 1. The van der Waals surface area contributed by atoms with Crippen LogP contribution < -0.4 is 11.1 Å². The molecule has 5 nitrogen and oxygen atoms in total. The molecule has 0 aromatic rings. The van der Waals surface area contributed by atoms with Crippen molar-refractivity contribution in [2.24, 2.45) is 17.1 Å². The molecule has 2 amide bonds. The second-order valence-electron chi connectivity index (χ2n) is 6.32. The molecule has 0 spiro atoms. The molecular formula is C14H27N3O2. The van der Waals surface area contributed by atoms with Gasteiger partial charge in [-0.25, -0.2) is 0 Å². The summed E-state index contributed by atoms with van der Waals surface area (Å²) >= 11 is 0. The van der Waals surface area contributed by atoms with Gasteiger partial charge in [-0.15, -0.1) is 0 Å². The molecule has 110 valence electrons. The fourth-order valence-electron chi connectivity index (χ4n) is 2.11. The lowest BCUT2D eigenvalue weighted by atomic mass is 9.90. The monoisotopic (exact) mass is 269 g/mol. The average Bonchev–Trinajstić information content (AvgIpc) is 2.38. The van der Waals surface area contributed by atoms with Gasteiger partial charge in [0.05, 0.1) is 5.41 Å². The summed E-state index contributed by atoms with van der Waals surface area (Å²) < 4.78 is 0. The SMILES string of the molecule is CC(C)C(=O)NC1CCN(C(=O)C(C)(C)CN)CC1. The largest absolute Gasteiger partial charge is 0.353 e. The Morgan fingerprint density at radius 1 is 1.32 bits per heavy atom. The average molecular weight is 269 g/mol. The molecule has 0 aliphatic carbocycles. The number of amides is 2. The lowest BCUT2D eigenvalue weighted by Gasteiger charge is -2.37. The molecule has 0 unspecified atom stereocenters. The summed E-state index contributed by atoms with van der Waals surface area (Å²) in [5.74, 6) is 0.214. The Kier molecular flexibility index (Phi) is 5.35. The van der Waals surface area contributed by atoms with E-state index in [-0.39, 0.29) is 23.8 Å². The molecule has 0 aromatic carbocycles. The zero-order chi connectivity index (χ0) is 14.6. The molecule has 19 heavy (non-hydrogen) atoms. The minimum Gasteiger partial charge on any atom is -0.353 e. The van der Waals surface area contributed by atoms with Crippen molar-refractivity contribution in [3.05, 3.63) is 0 Å². The molecule has 3 N–H and O–H groups in total. The Labute approximate surface area is 115 Å². The second-order valence-corrected chi connectivity index (χ2v) is 6.32. The van der Waals surface area contributed by atoms with Crippen LogP contribution in [0.5, 0.6) is 0 Å². The first-order valence-electron chi connectivity index (χ1n) is 7.07. The Morgan fingerprint density at radius 3 is 2.26 bits per heavy atom. The molecule has 1 aliphatic rings. The maximum absolute atomic E-state index is 12.2. The number of carbonyl (C=O) groups excluding carboxylic acids is 2. The van der Waals surface area contributed by atoms with Gasteiger partial charge < -0.3 is 16.0 Å². The topological polar surface area (TPSA) is 75.4 Å². The summed E-state index contributed by atoms with van der Waals surface area (Å²) in [6.45, 7) is 9.28. The number of hydrogen-bond acceptors (Lipinski definition) is 3. The van der Waals surface area contributed by atoms with Gasteiger partial charge in [-0.2, -0.15) is 0 Å². The van der Waals surface area contributed by atoms with Gasteiger partial charge in [0.1, 0.15) is 0 Å². The number of rotatable bonds is 4. The summed E-state index contributed by atoms with van der Waals surface area (Å²) in [6.07, 6.45) is 1.65. The Hall–Kier alpha value is -1.10. The Balaban J connectivity index is 2.45. The van der Waals surface area contributed by atoms with Crippen molar-refractivity contribution in [3.8, 4) is 0 Å². The van der Waals surface area contributed by atoms with E-state index >= 15 is 0 Å². The van der Waals surface area contributed by atoms with E-state index in [0.717, 1.165) is 12.8 Å². The molecule has 1 heterocycles. The van der Waals surface area contributed by atoms with E-state index in [2.05, 4.69) is 5.32 Å². The van der Waals surface area contributed by atoms with Crippen molar-refractivity contribution < 1.29 is 9.59 Å². The van der Waals surface area contributed by atoms with Gasteiger partial charge in [0.15, 0.2) is 0 Å². The van der Waals surface area contributed by atoms with Crippen LogP contribution in [0.25, 0.3) is 0 Å². The minimum absolute atomic E-state index is 0.0100. The van der Waals surface area contributed by atoms with Crippen molar-refractivity contribution >= 4 is 11.8 Å². The molecule has 0 bridgehead atoms. The van der Waals surface area contributed by atoms with Crippen molar-refractivity contribution in [2.75, 3.05) is 19.6 Å². The number of hydrogen-bond donors (Lipinski definition) is 2. The van der Waals surface area contributed by atoms with Gasteiger partial charge in [-0.1, -0.05) is 13.8 Å². The predicted octanol–water partition coefficient (Wildman–Crippen LogP) is 0.735. The van der Waals surface area contributed by atoms with Gasteiger partial charge in [-0.05, 0) is 26.7 Å². The number of carbonyl (C=O) groups is 2. The Morgan fingerprint density at radius 2 is 1.84 bits per heavy atom. The zero-order valence-corrected chi connectivity index (χ0v) is 12.5. The smallest absolute Gasteiger partial charge is 0.229 e. The highest BCUT2D eigenvalue weighted by atomic mass is 16.2. The van der Waals surface area contributed by atoms with Gasteiger partial charge in [-0.3, -0.25) is 9.59 Å². The van der Waals surface area contributed by atoms with E-state index in [0.29, 0.717) is 19.6 Å². The molecule has 0 saturated carbocycles. The summed E-state index contributed by atoms with van der Waals surface area (Å²) in [6, 6.07) is 0.194. The summed E-state index contributed by atoms with van der Waals surface area (Å²) in [5.41, 5.74) is 5.14.